The van der Waals surface area contributed by atoms with E-state index in [1.165, 1.54) is 12.1 Å². The van der Waals surface area contributed by atoms with E-state index < -0.39 is 20.5 Å². The molecule has 0 saturated heterocycles. The normalized spacial score (nSPS) is 20.8. The zero-order valence-electron chi connectivity index (χ0n) is 20.7. The Bertz CT molecular complexity index is 1660. The minimum Gasteiger partial charge on any atom is -0.291 e. The van der Waals surface area contributed by atoms with E-state index in [4.69, 9.17) is 0 Å². The fourth-order valence-corrected chi connectivity index (χ4v) is 7.47. The van der Waals surface area contributed by atoms with Crippen molar-refractivity contribution in [2.45, 2.75) is 42.8 Å². The molecule has 0 amide bonds. The average molecular weight is 529 g/mol. The summed E-state index contributed by atoms with van der Waals surface area (Å²) in [6.07, 6.45) is 4.65. The summed E-state index contributed by atoms with van der Waals surface area (Å²) in [6.45, 7) is 1.91. The van der Waals surface area contributed by atoms with Gasteiger partial charge in [-0.15, -0.1) is 5.10 Å². The van der Waals surface area contributed by atoms with Gasteiger partial charge in [-0.2, -0.15) is 0 Å². The Hall–Kier alpha value is -3.98. The number of aryl methyl sites for hydroxylation is 1. The van der Waals surface area contributed by atoms with Gasteiger partial charge >= 0.3 is 0 Å². The van der Waals surface area contributed by atoms with Crippen molar-refractivity contribution < 1.29 is 17.6 Å². The van der Waals surface area contributed by atoms with Gasteiger partial charge in [0.2, 0.25) is 0 Å². The third-order valence-corrected chi connectivity index (χ3v) is 9.89. The van der Waals surface area contributed by atoms with Crippen molar-refractivity contribution in [3.63, 3.8) is 0 Å². The lowest BCUT2D eigenvalue weighted by atomic mass is 9.62. The Morgan fingerprint density at radius 3 is 2.53 bits per heavy atom. The molecule has 7 nitrogen and oxygen atoms in total. The summed E-state index contributed by atoms with van der Waals surface area (Å²) in [5.41, 5.74) is 2.97. The number of rotatable bonds is 5. The quantitative estimate of drug-likeness (QED) is 0.341. The van der Waals surface area contributed by atoms with Crippen LogP contribution in [-0.2, 0) is 16.3 Å². The number of hydrogen-bond donors (Lipinski definition) is 0. The maximum absolute atomic E-state index is 14.1. The predicted octanol–water partition coefficient (Wildman–Crippen LogP) is 4.95. The minimum atomic E-state index is -3.68. The Labute approximate surface area is 220 Å². The first-order chi connectivity index (χ1) is 18.3. The van der Waals surface area contributed by atoms with E-state index >= 15 is 0 Å². The number of carbonyl (C=O) groups is 1. The Balaban J connectivity index is 1.45. The van der Waals surface area contributed by atoms with Gasteiger partial charge in [0.25, 0.3) is 0 Å². The van der Waals surface area contributed by atoms with Gasteiger partial charge in [0.05, 0.1) is 32.6 Å². The van der Waals surface area contributed by atoms with E-state index in [1.807, 2.05) is 13.0 Å². The molecule has 1 saturated carbocycles. The molecule has 0 spiro atoms. The van der Waals surface area contributed by atoms with E-state index in [9.17, 15) is 17.6 Å². The monoisotopic (exact) mass is 528 g/mol. The highest BCUT2D eigenvalue weighted by atomic mass is 32.2. The molecule has 2 heterocycles. The smallest absolute Gasteiger partial charge is 0.191 e. The fraction of sp³-hybridized carbons (Fsp3) is 0.241. The molecule has 1 fully saturated rings. The first kappa shape index (κ1) is 24.4. The van der Waals surface area contributed by atoms with Gasteiger partial charge in [0.1, 0.15) is 11.5 Å². The van der Waals surface area contributed by atoms with Crippen LogP contribution in [0.2, 0.25) is 0 Å². The minimum absolute atomic E-state index is 0.132. The summed E-state index contributed by atoms with van der Waals surface area (Å²) < 4.78 is 42.6. The number of halogens is 1. The van der Waals surface area contributed by atoms with Gasteiger partial charge in [-0.05, 0) is 80.8 Å². The van der Waals surface area contributed by atoms with Crippen LogP contribution in [0.1, 0.15) is 46.7 Å². The van der Waals surface area contributed by atoms with E-state index in [-0.39, 0.29) is 29.3 Å². The van der Waals surface area contributed by atoms with Crippen molar-refractivity contribution in [2.75, 3.05) is 0 Å². The van der Waals surface area contributed by atoms with Gasteiger partial charge in [-0.1, -0.05) is 34.5 Å². The third kappa shape index (κ3) is 3.98. The second-order valence-corrected chi connectivity index (χ2v) is 12.2. The van der Waals surface area contributed by atoms with Gasteiger partial charge < -0.3 is 0 Å². The Morgan fingerprint density at radius 1 is 1.05 bits per heavy atom. The molecule has 38 heavy (non-hydrogen) atoms. The number of sulfone groups is 1. The van der Waals surface area contributed by atoms with Gasteiger partial charge in [-0.3, -0.25) is 9.78 Å². The lowest BCUT2D eigenvalue weighted by Gasteiger charge is -2.43. The second kappa shape index (κ2) is 9.09. The number of aromatic nitrogens is 4. The number of pyridine rings is 1. The highest BCUT2D eigenvalue weighted by Crippen LogP contribution is 2.51. The molecule has 2 aromatic carbocycles. The van der Waals surface area contributed by atoms with Gasteiger partial charge in [0.15, 0.2) is 15.6 Å². The van der Waals surface area contributed by atoms with Crippen molar-refractivity contribution in [3.05, 3.63) is 107 Å². The van der Waals surface area contributed by atoms with Crippen LogP contribution in [0.5, 0.6) is 0 Å². The van der Waals surface area contributed by atoms with Crippen LogP contribution in [0.25, 0.3) is 11.8 Å². The zero-order valence-corrected chi connectivity index (χ0v) is 21.5. The molecule has 2 aliphatic carbocycles. The number of ketones is 1. The third-order valence-electron chi connectivity index (χ3n) is 7.68. The number of fused-ring (bicyclic) bond motifs is 2. The Morgan fingerprint density at radius 2 is 1.82 bits per heavy atom. The van der Waals surface area contributed by atoms with E-state index in [0.717, 1.165) is 16.8 Å². The summed E-state index contributed by atoms with van der Waals surface area (Å²) in [6, 6.07) is 18.0. The van der Waals surface area contributed by atoms with E-state index in [0.29, 0.717) is 29.9 Å². The van der Waals surface area contributed by atoms with Crippen molar-refractivity contribution >= 4 is 21.7 Å². The van der Waals surface area contributed by atoms with Crippen molar-refractivity contribution in [1.29, 1.82) is 0 Å². The van der Waals surface area contributed by atoms with Gasteiger partial charge in [0, 0.05) is 12.6 Å². The number of benzene rings is 2. The van der Waals surface area contributed by atoms with Crippen LogP contribution in [0.3, 0.4) is 0 Å². The van der Waals surface area contributed by atoms with E-state index in [1.54, 1.807) is 65.5 Å². The topological polar surface area (TPSA) is 94.8 Å². The van der Waals surface area contributed by atoms with Gasteiger partial charge in [-0.25, -0.2) is 17.5 Å². The van der Waals surface area contributed by atoms with Crippen LogP contribution in [0.15, 0.2) is 83.4 Å². The van der Waals surface area contributed by atoms with Crippen LogP contribution >= 0.6 is 0 Å². The number of nitrogens with zero attached hydrogens (tertiary/aromatic N) is 4. The molecule has 2 aliphatic rings. The molecule has 0 unspecified atom stereocenters. The van der Waals surface area contributed by atoms with Crippen molar-refractivity contribution in [1.82, 2.24) is 20.0 Å². The van der Waals surface area contributed by atoms with Crippen LogP contribution in [0, 0.1) is 18.2 Å². The maximum Gasteiger partial charge on any atom is 0.191 e. The molecule has 2 aromatic heterocycles. The summed E-state index contributed by atoms with van der Waals surface area (Å²) in [7, 11) is -3.68. The molecule has 192 valence electrons. The molecule has 9 heteroatoms. The van der Waals surface area contributed by atoms with Crippen molar-refractivity contribution in [2.24, 2.45) is 5.41 Å². The highest BCUT2D eigenvalue weighted by molar-refractivity contribution is 7.92. The number of carbonyl (C=O) groups excluding carboxylic acids is 1. The van der Waals surface area contributed by atoms with E-state index in [2.05, 4.69) is 15.3 Å². The molecule has 2 atom stereocenters. The number of Topliss-reactive ketones (excluding diaryl/α,β-unsaturated/α-hetero) is 1. The molecular formula is C29H25FN4O3S. The lowest BCUT2D eigenvalue weighted by molar-refractivity contribution is 0.0795. The second-order valence-electron chi connectivity index (χ2n) is 10.0. The summed E-state index contributed by atoms with van der Waals surface area (Å²) >= 11 is 0. The molecule has 0 aliphatic heterocycles. The summed E-state index contributed by atoms with van der Waals surface area (Å²) in [5, 5.41) is 7.94. The summed E-state index contributed by atoms with van der Waals surface area (Å²) in [5.74, 6) is -0.565. The number of hydrogen-bond acceptors (Lipinski definition) is 6. The fourth-order valence-electron chi connectivity index (χ4n) is 5.63. The molecular weight excluding hydrogens is 503 g/mol. The number of allylic oxidation sites excluding steroid dienone is 1. The zero-order chi connectivity index (χ0) is 26.5. The molecule has 0 bridgehead atoms. The average Bonchev–Trinajstić information content (AvgIpc) is 3.34. The highest BCUT2D eigenvalue weighted by Gasteiger charge is 2.52. The molecule has 0 N–H and O–H groups in total. The lowest BCUT2D eigenvalue weighted by Crippen LogP contribution is -2.46. The first-order valence-corrected chi connectivity index (χ1v) is 14.0. The van der Waals surface area contributed by atoms with Crippen LogP contribution in [0.4, 0.5) is 4.39 Å². The standard InChI is InChI=1S/C29H25FN4O3S/c1-19-5-12-23(13-6-19)38(36,37)24-14-7-20-16-27-26(32-33-34(27)22-10-8-21(30)9-11-22)18-29(20,17-24)28(35)25-4-2-3-15-31-25/h2-6,8-13,15-16,24H,7,14,17-18H2,1H3/t24-,29+/m0/s1. The first-order valence-electron chi connectivity index (χ1n) is 12.5. The molecule has 6 rings (SSSR count). The van der Waals surface area contributed by atoms with Crippen LogP contribution < -0.4 is 0 Å². The van der Waals surface area contributed by atoms with Crippen molar-refractivity contribution in [3.8, 4) is 5.69 Å². The predicted molar refractivity (Wildman–Crippen MR) is 140 cm³/mol. The largest absolute Gasteiger partial charge is 0.291 e. The Kier molecular flexibility index (Phi) is 5.83. The SMILES string of the molecule is Cc1ccc(S(=O)(=O)[C@H]2CCC3=Cc4c(nnn4-c4ccc(F)cc4)C[C@]3(C(=O)c3ccccn3)C2)cc1. The molecule has 0 radical (unpaired) electrons. The summed E-state index contributed by atoms with van der Waals surface area (Å²) in [4.78, 5) is 18.7. The maximum atomic E-state index is 14.1. The molecule has 4 aromatic rings. The van der Waals surface area contributed by atoms with Crippen LogP contribution in [-0.4, -0.2) is 39.4 Å².